The van der Waals surface area contributed by atoms with E-state index in [1.54, 1.807) is 0 Å². The number of benzene rings is 2. The van der Waals surface area contributed by atoms with Crippen LogP contribution >= 0.6 is 22.9 Å². The van der Waals surface area contributed by atoms with E-state index >= 15 is 0 Å². The van der Waals surface area contributed by atoms with E-state index in [1.807, 2.05) is 61.5 Å². The molecule has 0 spiro atoms. The molecular formula is C22H21ClN2O4S. The molecule has 0 fully saturated rings. The van der Waals surface area contributed by atoms with Gasteiger partial charge in [-0.25, -0.2) is 0 Å². The third kappa shape index (κ3) is 5.17. The van der Waals surface area contributed by atoms with Gasteiger partial charge in [-0.2, -0.15) is 0 Å². The van der Waals surface area contributed by atoms with E-state index in [-0.39, 0.29) is 12.6 Å². The number of esters is 1. The highest BCUT2D eigenvalue weighted by atomic mass is 35.5. The van der Waals surface area contributed by atoms with Gasteiger partial charge < -0.3 is 15.4 Å². The second kappa shape index (κ2) is 9.73. The Bertz CT molecular complexity index is 1070. The van der Waals surface area contributed by atoms with Gasteiger partial charge in [0.2, 0.25) is 0 Å². The lowest BCUT2D eigenvalue weighted by atomic mass is 10.1. The van der Waals surface area contributed by atoms with Crippen molar-refractivity contribution in [3.05, 3.63) is 70.1 Å². The molecule has 2 atom stereocenters. The van der Waals surface area contributed by atoms with E-state index in [1.165, 1.54) is 18.3 Å². The molecule has 0 radical (unpaired) electrons. The summed E-state index contributed by atoms with van der Waals surface area (Å²) < 4.78 is 6.01. The van der Waals surface area contributed by atoms with Gasteiger partial charge in [-0.3, -0.25) is 14.4 Å². The van der Waals surface area contributed by atoms with Crippen molar-refractivity contribution >= 4 is 50.8 Å². The molecule has 0 saturated carbocycles. The molecule has 2 N–H and O–H groups in total. The third-order valence-corrected chi connectivity index (χ3v) is 6.14. The van der Waals surface area contributed by atoms with E-state index in [0.29, 0.717) is 9.90 Å². The fourth-order valence-corrected chi connectivity index (χ4v) is 4.27. The first-order valence-corrected chi connectivity index (χ1v) is 10.6. The molecule has 0 aliphatic heterocycles. The minimum atomic E-state index is -0.992. The average Bonchev–Trinajstić information content (AvgIpc) is 3.09. The monoisotopic (exact) mass is 444 g/mol. The summed E-state index contributed by atoms with van der Waals surface area (Å²) in [5, 5.41) is 6.43. The molecule has 6 nitrogen and oxygen atoms in total. The first-order valence-electron chi connectivity index (χ1n) is 9.37. The Morgan fingerprint density at radius 3 is 2.40 bits per heavy atom. The van der Waals surface area contributed by atoms with Crippen molar-refractivity contribution in [3.8, 4) is 0 Å². The van der Waals surface area contributed by atoms with Gasteiger partial charge in [-0.05, 0) is 25.5 Å². The van der Waals surface area contributed by atoms with Crippen molar-refractivity contribution in [2.45, 2.75) is 26.0 Å². The Morgan fingerprint density at radius 2 is 1.70 bits per heavy atom. The highest BCUT2D eigenvalue weighted by Gasteiger charge is 2.22. The molecule has 0 saturated heterocycles. The predicted octanol–water partition coefficient (Wildman–Crippen LogP) is 4.09. The molecule has 3 aromatic rings. The van der Waals surface area contributed by atoms with Gasteiger partial charge in [0.1, 0.15) is 11.4 Å². The van der Waals surface area contributed by atoms with Gasteiger partial charge in [0.15, 0.2) is 6.10 Å². The van der Waals surface area contributed by atoms with E-state index in [4.69, 9.17) is 16.3 Å². The number of rotatable bonds is 7. The van der Waals surface area contributed by atoms with Crippen LogP contribution in [0.3, 0.4) is 0 Å². The molecule has 2 unspecified atom stereocenters. The van der Waals surface area contributed by atoms with Crippen LogP contribution in [0.15, 0.2) is 54.6 Å². The Balaban J connectivity index is 1.50. The third-order valence-electron chi connectivity index (χ3n) is 4.47. The zero-order valence-corrected chi connectivity index (χ0v) is 18.0. The summed E-state index contributed by atoms with van der Waals surface area (Å²) in [6, 6.07) is 16.6. The molecule has 0 aliphatic carbocycles. The van der Waals surface area contributed by atoms with Crippen molar-refractivity contribution in [2.75, 3.05) is 6.54 Å². The van der Waals surface area contributed by atoms with Gasteiger partial charge in [0.25, 0.3) is 11.8 Å². The summed E-state index contributed by atoms with van der Waals surface area (Å²) in [7, 11) is 0. The summed E-state index contributed by atoms with van der Waals surface area (Å²) in [6.07, 6.45) is -0.992. The Hall–Kier alpha value is -2.90. The second-order valence-corrected chi connectivity index (χ2v) is 8.13. The molecule has 30 heavy (non-hydrogen) atoms. The van der Waals surface area contributed by atoms with Crippen molar-refractivity contribution in [1.29, 1.82) is 0 Å². The van der Waals surface area contributed by atoms with E-state index in [0.717, 1.165) is 15.6 Å². The van der Waals surface area contributed by atoms with Crippen LogP contribution < -0.4 is 10.6 Å². The number of hydrogen-bond donors (Lipinski definition) is 2. The van der Waals surface area contributed by atoms with E-state index in [2.05, 4.69) is 10.6 Å². The normalized spacial score (nSPS) is 12.8. The summed E-state index contributed by atoms with van der Waals surface area (Å²) in [6.45, 7) is 2.96. The van der Waals surface area contributed by atoms with Crippen molar-refractivity contribution < 1.29 is 19.1 Å². The highest BCUT2D eigenvalue weighted by molar-refractivity contribution is 7.21. The molecule has 8 heteroatoms. The largest absolute Gasteiger partial charge is 0.451 e. The maximum absolute atomic E-state index is 12.4. The zero-order chi connectivity index (χ0) is 21.7. The number of fused-ring (bicyclic) bond motifs is 1. The Morgan fingerprint density at radius 1 is 1.03 bits per heavy atom. The van der Waals surface area contributed by atoms with Crippen LogP contribution in [0.5, 0.6) is 0 Å². The number of carbonyl (C=O) groups is 3. The number of hydrogen-bond acceptors (Lipinski definition) is 5. The van der Waals surface area contributed by atoms with Crippen LogP contribution in [-0.4, -0.2) is 30.4 Å². The zero-order valence-electron chi connectivity index (χ0n) is 16.5. The molecule has 2 amide bonds. The number of thiophene rings is 1. The van der Waals surface area contributed by atoms with E-state index < -0.39 is 23.9 Å². The van der Waals surface area contributed by atoms with Gasteiger partial charge in [-0.15, -0.1) is 11.3 Å². The molecule has 0 bridgehead atoms. The first kappa shape index (κ1) is 21.8. The van der Waals surface area contributed by atoms with E-state index in [9.17, 15) is 14.4 Å². The molecule has 1 aromatic heterocycles. The van der Waals surface area contributed by atoms with Crippen LogP contribution in [0.25, 0.3) is 10.1 Å². The van der Waals surface area contributed by atoms with Crippen LogP contribution in [0, 0.1) is 0 Å². The highest BCUT2D eigenvalue weighted by Crippen LogP contribution is 2.34. The SMILES string of the molecule is CC(OC(=O)CNC(=O)c1sc2ccccc2c1Cl)C(=O)NC(C)c1ccccc1. The quantitative estimate of drug-likeness (QED) is 0.537. The summed E-state index contributed by atoms with van der Waals surface area (Å²) in [4.78, 5) is 37.1. The number of carbonyl (C=O) groups excluding carboxylic acids is 3. The number of amides is 2. The molecule has 0 aliphatic rings. The number of nitrogens with one attached hydrogen (secondary N) is 2. The molecular weight excluding hydrogens is 424 g/mol. The number of halogens is 1. The topological polar surface area (TPSA) is 84.5 Å². The van der Waals surface area contributed by atoms with Gasteiger partial charge in [-0.1, -0.05) is 60.1 Å². The summed E-state index contributed by atoms with van der Waals surface area (Å²) >= 11 is 7.52. The maximum Gasteiger partial charge on any atom is 0.326 e. The average molecular weight is 445 g/mol. The smallest absolute Gasteiger partial charge is 0.326 e. The molecule has 3 rings (SSSR count). The van der Waals surface area contributed by atoms with Crippen molar-refractivity contribution in [3.63, 3.8) is 0 Å². The lowest BCUT2D eigenvalue weighted by molar-refractivity contribution is -0.154. The Kier molecular flexibility index (Phi) is 7.07. The second-order valence-electron chi connectivity index (χ2n) is 6.70. The summed E-state index contributed by atoms with van der Waals surface area (Å²) in [5.41, 5.74) is 0.942. The van der Waals surface area contributed by atoms with Crippen LogP contribution in [0.4, 0.5) is 0 Å². The summed E-state index contributed by atoms with van der Waals surface area (Å²) in [5.74, 6) is -1.60. The molecule has 1 heterocycles. The van der Waals surface area contributed by atoms with Crippen molar-refractivity contribution in [2.24, 2.45) is 0 Å². The first-order chi connectivity index (χ1) is 14.4. The van der Waals surface area contributed by atoms with Gasteiger partial charge >= 0.3 is 5.97 Å². The minimum Gasteiger partial charge on any atom is -0.451 e. The Labute approximate surface area is 183 Å². The van der Waals surface area contributed by atoms with Crippen LogP contribution in [0.1, 0.15) is 35.1 Å². The lowest BCUT2D eigenvalue weighted by Gasteiger charge is -2.18. The van der Waals surface area contributed by atoms with Crippen LogP contribution in [0.2, 0.25) is 5.02 Å². The predicted molar refractivity (Wildman–Crippen MR) is 118 cm³/mol. The maximum atomic E-state index is 12.4. The van der Waals surface area contributed by atoms with Gasteiger partial charge in [0.05, 0.1) is 11.1 Å². The minimum absolute atomic E-state index is 0.227. The van der Waals surface area contributed by atoms with Crippen molar-refractivity contribution in [1.82, 2.24) is 10.6 Å². The fourth-order valence-electron chi connectivity index (χ4n) is 2.84. The number of ether oxygens (including phenoxy) is 1. The van der Waals surface area contributed by atoms with Crippen LogP contribution in [-0.2, 0) is 14.3 Å². The fraction of sp³-hybridized carbons (Fsp3) is 0.227. The van der Waals surface area contributed by atoms with Gasteiger partial charge in [0, 0.05) is 10.1 Å². The lowest BCUT2D eigenvalue weighted by Crippen LogP contribution is -2.39. The standard InChI is InChI=1S/C22H21ClN2O4S/c1-13(15-8-4-3-5-9-15)25-21(27)14(2)29-18(26)12-24-22(28)20-19(23)16-10-6-7-11-17(16)30-20/h3-11,13-14H,12H2,1-2H3,(H,24,28)(H,25,27). The molecule has 2 aromatic carbocycles. The molecule has 156 valence electrons.